The van der Waals surface area contributed by atoms with Gasteiger partial charge >= 0.3 is 0 Å². The number of benzene rings is 2. The van der Waals surface area contributed by atoms with Gasteiger partial charge in [-0.15, -0.1) is 0 Å². The summed E-state index contributed by atoms with van der Waals surface area (Å²) < 4.78 is 0. The Kier molecular flexibility index (Phi) is 7.40. The molecule has 2 aromatic rings. The second-order valence-electron chi connectivity index (χ2n) is 8.32. The molecule has 7 nitrogen and oxygen atoms in total. The molecule has 0 aromatic heterocycles. The highest BCUT2D eigenvalue weighted by molar-refractivity contribution is 5.95. The van der Waals surface area contributed by atoms with E-state index in [9.17, 15) is 14.4 Å². The lowest BCUT2D eigenvalue weighted by molar-refractivity contribution is -0.131. The van der Waals surface area contributed by atoms with Gasteiger partial charge in [-0.3, -0.25) is 14.4 Å². The van der Waals surface area contributed by atoms with Crippen molar-refractivity contribution in [3.8, 4) is 0 Å². The number of anilines is 2. The van der Waals surface area contributed by atoms with E-state index < -0.39 is 0 Å². The predicted octanol–water partition coefficient (Wildman–Crippen LogP) is 2.68. The lowest BCUT2D eigenvalue weighted by atomic mass is 10.2. The Balaban J connectivity index is 1.16. The highest BCUT2D eigenvalue weighted by atomic mass is 16.2. The van der Waals surface area contributed by atoms with E-state index in [-0.39, 0.29) is 17.7 Å². The molecule has 4 rings (SSSR count). The van der Waals surface area contributed by atoms with Gasteiger partial charge in [-0.25, -0.2) is 0 Å². The standard InChI is InChI=1S/C26H30N4O3/c31-24(13-10-21-8-11-23(12-9-21)30-16-4-7-26(30)33)27-15-14-25(32)29-19-17-28(18-20-29)22-5-2-1-3-6-22/h1-3,5-6,8-13H,4,7,14-20H2,(H,27,31)/b13-10+. The number of amides is 3. The number of hydrogen-bond acceptors (Lipinski definition) is 4. The Morgan fingerprint density at radius 1 is 0.879 bits per heavy atom. The molecule has 0 unspecified atom stereocenters. The largest absolute Gasteiger partial charge is 0.368 e. The molecule has 2 heterocycles. The van der Waals surface area contributed by atoms with Crippen LogP contribution in [0.5, 0.6) is 0 Å². The highest BCUT2D eigenvalue weighted by Crippen LogP contribution is 2.22. The number of carbonyl (C=O) groups is 3. The molecule has 2 aliphatic rings. The fourth-order valence-corrected chi connectivity index (χ4v) is 4.22. The van der Waals surface area contributed by atoms with E-state index in [2.05, 4.69) is 22.3 Å². The summed E-state index contributed by atoms with van der Waals surface area (Å²) in [4.78, 5) is 42.4. The van der Waals surface area contributed by atoms with E-state index in [1.807, 2.05) is 47.4 Å². The van der Waals surface area contributed by atoms with E-state index >= 15 is 0 Å². The van der Waals surface area contributed by atoms with Crippen LogP contribution in [0, 0.1) is 0 Å². The summed E-state index contributed by atoms with van der Waals surface area (Å²) in [6, 6.07) is 17.8. The minimum Gasteiger partial charge on any atom is -0.368 e. The maximum absolute atomic E-state index is 12.5. The Hall–Kier alpha value is -3.61. The Bertz CT molecular complexity index is 996. The molecule has 33 heavy (non-hydrogen) atoms. The van der Waals surface area contributed by atoms with Crippen LogP contribution in [-0.2, 0) is 14.4 Å². The summed E-state index contributed by atoms with van der Waals surface area (Å²) in [7, 11) is 0. The number of piperazine rings is 1. The third-order valence-corrected chi connectivity index (χ3v) is 6.10. The molecule has 0 saturated carbocycles. The first-order valence-corrected chi connectivity index (χ1v) is 11.5. The van der Waals surface area contributed by atoms with Crippen LogP contribution in [0.2, 0.25) is 0 Å². The molecule has 3 amide bonds. The average Bonchev–Trinajstić information content (AvgIpc) is 3.29. The monoisotopic (exact) mass is 446 g/mol. The summed E-state index contributed by atoms with van der Waals surface area (Å²) >= 11 is 0. The molecule has 2 aromatic carbocycles. The lowest BCUT2D eigenvalue weighted by Crippen LogP contribution is -2.49. The fourth-order valence-electron chi connectivity index (χ4n) is 4.22. The SMILES string of the molecule is O=C(/C=C/c1ccc(N2CCCC2=O)cc1)NCCC(=O)N1CCN(c2ccccc2)CC1. The minimum absolute atomic E-state index is 0.0686. The van der Waals surface area contributed by atoms with Gasteiger partial charge in [-0.1, -0.05) is 30.3 Å². The van der Waals surface area contributed by atoms with Gasteiger partial charge in [-0.2, -0.15) is 0 Å². The second-order valence-corrected chi connectivity index (χ2v) is 8.32. The van der Waals surface area contributed by atoms with E-state index in [0.29, 0.717) is 32.5 Å². The molecular weight excluding hydrogens is 416 g/mol. The Labute approximate surface area is 194 Å². The van der Waals surface area contributed by atoms with Crippen LogP contribution < -0.4 is 15.1 Å². The summed E-state index contributed by atoms with van der Waals surface area (Å²) in [6.07, 6.45) is 5.00. The Morgan fingerprint density at radius 3 is 2.27 bits per heavy atom. The van der Waals surface area contributed by atoms with Crippen molar-refractivity contribution in [1.82, 2.24) is 10.2 Å². The quantitative estimate of drug-likeness (QED) is 0.664. The number of carbonyl (C=O) groups excluding carboxylic acids is 3. The van der Waals surface area contributed by atoms with Crippen molar-refractivity contribution >= 4 is 35.2 Å². The van der Waals surface area contributed by atoms with Crippen LogP contribution in [0.25, 0.3) is 6.08 Å². The molecular formula is C26H30N4O3. The predicted molar refractivity (Wildman–Crippen MR) is 130 cm³/mol. The molecule has 0 radical (unpaired) electrons. The Morgan fingerprint density at radius 2 is 1.61 bits per heavy atom. The van der Waals surface area contributed by atoms with Crippen LogP contribution >= 0.6 is 0 Å². The van der Waals surface area contributed by atoms with Crippen molar-refractivity contribution in [3.63, 3.8) is 0 Å². The fraction of sp³-hybridized carbons (Fsp3) is 0.346. The molecule has 0 aliphatic carbocycles. The lowest BCUT2D eigenvalue weighted by Gasteiger charge is -2.36. The first-order valence-electron chi connectivity index (χ1n) is 11.5. The van der Waals surface area contributed by atoms with Crippen molar-refractivity contribution in [2.45, 2.75) is 19.3 Å². The van der Waals surface area contributed by atoms with Gasteiger partial charge < -0.3 is 20.0 Å². The zero-order valence-corrected chi connectivity index (χ0v) is 18.8. The third-order valence-electron chi connectivity index (χ3n) is 6.10. The number of nitrogens with zero attached hydrogens (tertiary/aromatic N) is 3. The number of rotatable bonds is 7. The van der Waals surface area contributed by atoms with Crippen molar-refractivity contribution in [1.29, 1.82) is 0 Å². The molecule has 2 fully saturated rings. The zero-order valence-electron chi connectivity index (χ0n) is 18.8. The normalized spacial score (nSPS) is 16.5. The van der Waals surface area contributed by atoms with Crippen molar-refractivity contribution in [2.75, 3.05) is 49.1 Å². The van der Waals surface area contributed by atoms with E-state index in [1.54, 1.807) is 11.0 Å². The van der Waals surface area contributed by atoms with Gasteiger partial charge in [0, 0.05) is 69.6 Å². The zero-order chi connectivity index (χ0) is 23.0. The van der Waals surface area contributed by atoms with Crippen molar-refractivity contribution < 1.29 is 14.4 Å². The van der Waals surface area contributed by atoms with Crippen molar-refractivity contribution in [2.24, 2.45) is 0 Å². The molecule has 0 spiro atoms. The summed E-state index contributed by atoms with van der Waals surface area (Å²) in [5.41, 5.74) is 2.96. The van der Waals surface area contributed by atoms with Gasteiger partial charge in [0.25, 0.3) is 0 Å². The van der Waals surface area contributed by atoms with Crippen LogP contribution in [-0.4, -0.2) is 61.9 Å². The van der Waals surface area contributed by atoms with Gasteiger partial charge in [0.15, 0.2) is 0 Å². The number of hydrogen-bond donors (Lipinski definition) is 1. The second kappa shape index (κ2) is 10.8. The molecule has 0 atom stereocenters. The molecule has 0 bridgehead atoms. The summed E-state index contributed by atoms with van der Waals surface area (Å²) in [5, 5.41) is 2.78. The van der Waals surface area contributed by atoms with E-state index in [1.165, 1.54) is 11.8 Å². The number of nitrogens with one attached hydrogen (secondary N) is 1. The summed E-state index contributed by atoms with van der Waals surface area (Å²) in [5.74, 6) is -0.000162. The smallest absolute Gasteiger partial charge is 0.244 e. The van der Waals surface area contributed by atoms with Crippen LogP contribution in [0.1, 0.15) is 24.8 Å². The summed E-state index contributed by atoms with van der Waals surface area (Å²) in [6.45, 7) is 4.10. The molecule has 7 heteroatoms. The van der Waals surface area contributed by atoms with Gasteiger partial charge in [0.2, 0.25) is 17.7 Å². The molecule has 2 aliphatic heterocycles. The van der Waals surface area contributed by atoms with Gasteiger partial charge in [-0.05, 0) is 42.3 Å². The molecule has 2 saturated heterocycles. The average molecular weight is 447 g/mol. The first kappa shape index (κ1) is 22.6. The van der Waals surface area contributed by atoms with Gasteiger partial charge in [0.05, 0.1) is 0 Å². The van der Waals surface area contributed by atoms with E-state index in [0.717, 1.165) is 37.3 Å². The maximum Gasteiger partial charge on any atom is 0.244 e. The van der Waals surface area contributed by atoms with Crippen LogP contribution in [0.15, 0.2) is 60.7 Å². The number of para-hydroxylation sites is 1. The highest BCUT2D eigenvalue weighted by Gasteiger charge is 2.22. The first-order chi connectivity index (χ1) is 16.1. The van der Waals surface area contributed by atoms with E-state index in [4.69, 9.17) is 0 Å². The minimum atomic E-state index is -0.226. The van der Waals surface area contributed by atoms with Crippen LogP contribution in [0.3, 0.4) is 0 Å². The molecule has 172 valence electrons. The van der Waals surface area contributed by atoms with Gasteiger partial charge in [0.1, 0.15) is 0 Å². The van der Waals surface area contributed by atoms with Crippen LogP contribution in [0.4, 0.5) is 11.4 Å². The third kappa shape index (κ3) is 6.00. The topological polar surface area (TPSA) is 73.0 Å². The molecule has 1 N–H and O–H groups in total. The van der Waals surface area contributed by atoms with Crippen molar-refractivity contribution in [3.05, 3.63) is 66.2 Å². The maximum atomic E-state index is 12.5.